The SMILES string of the molecule is CC12CCCC1C1CCC3CCC=CC3(C)C1CC2. The van der Waals surface area contributed by atoms with Gasteiger partial charge in [0.1, 0.15) is 0 Å². The molecule has 0 amide bonds. The van der Waals surface area contributed by atoms with Gasteiger partial charge in [-0.3, -0.25) is 0 Å². The molecule has 0 heterocycles. The maximum Gasteiger partial charge on any atom is -0.00872 e. The van der Waals surface area contributed by atoms with Gasteiger partial charge in [0.15, 0.2) is 0 Å². The van der Waals surface area contributed by atoms with Crippen molar-refractivity contribution in [2.45, 2.75) is 71.6 Å². The fraction of sp³-hybridized carbons (Fsp3) is 0.895. The molecule has 0 heteroatoms. The zero-order chi connectivity index (χ0) is 13.1. The van der Waals surface area contributed by atoms with Crippen molar-refractivity contribution < 1.29 is 0 Å². The zero-order valence-electron chi connectivity index (χ0n) is 12.8. The topological polar surface area (TPSA) is 0 Å². The molecule has 0 aliphatic heterocycles. The van der Waals surface area contributed by atoms with Crippen LogP contribution in [-0.2, 0) is 0 Å². The highest BCUT2D eigenvalue weighted by Gasteiger charge is 2.56. The summed E-state index contributed by atoms with van der Waals surface area (Å²) >= 11 is 0. The normalized spacial score (nSPS) is 56.3. The van der Waals surface area contributed by atoms with Crippen LogP contribution in [0, 0.1) is 34.5 Å². The first-order valence-electron chi connectivity index (χ1n) is 8.81. The average Bonchev–Trinajstić information content (AvgIpc) is 2.79. The molecule has 3 saturated carbocycles. The Hall–Kier alpha value is -0.260. The van der Waals surface area contributed by atoms with E-state index in [4.69, 9.17) is 0 Å². The molecule has 0 radical (unpaired) electrons. The number of hydrogen-bond donors (Lipinski definition) is 0. The largest absolute Gasteiger partial charge is 0.0880 e. The Balaban J connectivity index is 1.68. The molecule has 0 aromatic heterocycles. The van der Waals surface area contributed by atoms with Crippen LogP contribution in [0.3, 0.4) is 0 Å². The Bertz CT molecular complexity index is 395. The van der Waals surface area contributed by atoms with E-state index in [1.54, 1.807) is 12.8 Å². The first kappa shape index (κ1) is 12.5. The zero-order valence-corrected chi connectivity index (χ0v) is 12.8. The van der Waals surface area contributed by atoms with Crippen LogP contribution >= 0.6 is 0 Å². The first-order valence-corrected chi connectivity index (χ1v) is 8.81. The first-order chi connectivity index (χ1) is 9.13. The minimum Gasteiger partial charge on any atom is -0.0880 e. The van der Waals surface area contributed by atoms with Crippen LogP contribution in [0.1, 0.15) is 71.6 Å². The minimum atomic E-state index is 0.561. The molecule has 19 heavy (non-hydrogen) atoms. The van der Waals surface area contributed by atoms with Gasteiger partial charge in [-0.2, -0.15) is 0 Å². The van der Waals surface area contributed by atoms with Gasteiger partial charge in [0, 0.05) is 0 Å². The van der Waals surface area contributed by atoms with E-state index in [9.17, 15) is 0 Å². The molecule has 0 bridgehead atoms. The summed E-state index contributed by atoms with van der Waals surface area (Å²) in [5.74, 6) is 4.15. The highest BCUT2D eigenvalue weighted by molar-refractivity contribution is 5.14. The third-order valence-electron chi connectivity index (χ3n) is 7.90. The summed E-state index contributed by atoms with van der Waals surface area (Å²) in [6.45, 7) is 5.23. The van der Waals surface area contributed by atoms with E-state index in [-0.39, 0.29) is 0 Å². The third kappa shape index (κ3) is 1.64. The van der Waals surface area contributed by atoms with Crippen molar-refractivity contribution in [1.29, 1.82) is 0 Å². The molecule has 0 saturated heterocycles. The van der Waals surface area contributed by atoms with Gasteiger partial charge in [-0.15, -0.1) is 0 Å². The molecule has 106 valence electrons. The Morgan fingerprint density at radius 2 is 1.79 bits per heavy atom. The molecule has 6 unspecified atom stereocenters. The van der Waals surface area contributed by atoms with Crippen molar-refractivity contribution in [1.82, 2.24) is 0 Å². The van der Waals surface area contributed by atoms with Crippen molar-refractivity contribution in [3.63, 3.8) is 0 Å². The fourth-order valence-corrected chi connectivity index (χ4v) is 6.81. The summed E-state index contributed by atoms with van der Waals surface area (Å²) in [6.07, 6.45) is 18.7. The van der Waals surface area contributed by atoms with Gasteiger partial charge in [0.2, 0.25) is 0 Å². The molecule has 6 atom stereocenters. The Kier molecular flexibility index (Phi) is 2.71. The molecular formula is C19H30. The second kappa shape index (κ2) is 4.12. The van der Waals surface area contributed by atoms with Crippen LogP contribution in [0.2, 0.25) is 0 Å². The number of hydrogen-bond acceptors (Lipinski definition) is 0. The van der Waals surface area contributed by atoms with E-state index < -0.39 is 0 Å². The van der Waals surface area contributed by atoms with Crippen molar-refractivity contribution in [2.75, 3.05) is 0 Å². The maximum atomic E-state index is 2.65. The predicted molar refractivity (Wildman–Crippen MR) is 80.9 cm³/mol. The van der Waals surface area contributed by atoms with Crippen LogP contribution in [0.4, 0.5) is 0 Å². The van der Waals surface area contributed by atoms with Crippen molar-refractivity contribution in [3.8, 4) is 0 Å². The molecular weight excluding hydrogens is 228 g/mol. The highest BCUT2D eigenvalue weighted by Crippen LogP contribution is 2.65. The van der Waals surface area contributed by atoms with Crippen molar-refractivity contribution in [2.24, 2.45) is 34.5 Å². The smallest absolute Gasteiger partial charge is 0.00872 e. The Morgan fingerprint density at radius 1 is 0.895 bits per heavy atom. The Labute approximate surface area is 119 Å². The van der Waals surface area contributed by atoms with Gasteiger partial charge in [0.25, 0.3) is 0 Å². The van der Waals surface area contributed by atoms with Crippen LogP contribution < -0.4 is 0 Å². The lowest BCUT2D eigenvalue weighted by Crippen LogP contribution is -2.50. The van der Waals surface area contributed by atoms with E-state index in [0.29, 0.717) is 5.41 Å². The molecule has 4 aliphatic rings. The summed E-state index contributed by atoms with van der Waals surface area (Å²) in [4.78, 5) is 0. The maximum absolute atomic E-state index is 2.65. The van der Waals surface area contributed by atoms with Crippen molar-refractivity contribution >= 4 is 0 Å². The van der Waals surface area contributed by atoms with Gasteiger partial charge in [-0.25, -0.2) is 0 Å². The summed E-state index contributed by atoms with van der Waals surface area (Å²) in [5, 5.41) is 0. The average molecular weight is 258 g/mol. The predicted octanol–water partition coefficient (Wildman–Crippen LogP) is 5.59. The number of rotatable bonds is 0. The van der Waals surface area contributed by atoms with Crippen LogP contribution in [0.15, 0.2) is 12.2 Å². The summed E-state index contributed by atoms with van der Waals surface area (Å²) in [5.41, 5.74) is 1.29. The molecule has 0 aromatic rings. The van der Waals surface area contributed by atoms with E-state index in [0.717, 1.165) is 29.1 Å². The molecule has 0 aromatic carbocycles. The highest BCUT2D eigenvalue weighted by atomic mass is 14.6. The van der Waals surface area contributed by atoms with Crippen molar-refractivity contribution in [3.05, 3.63) is 12.2 Å². The molecule has 4 aliphatic carbocycles. The molecule has 0 N–H and O–H groups in total. The van der Waals surface area contributed by atoms with Gasteiger partial charge in [0.05, 0.1) is 0 Å². The Morgan fingerprint density at radius 3 is 2.68 bits per heavy atom. The number of allylic oxidation sites excluding steroid dienone is 2. The standard InChI is InChI=1S/C19H30/c1-18-11-5-7-16(18)15-9-8-14-6-3-4-12-19(14,2)17(15)10-13-18/h4,12,14-17H,3,5-11,13H2,1-2H3. The monoisotopic (exact) mass is 258 g/mol. The van der Waals surface area contributed by atoms with E-state index in [1.165, 1.54) is 44.9 Å². The lowest BCUT2D eigenvalue weighted by Gasteiger charge is -2.58. The van der Waals surface area contributed by atoms with E-state index in [2.05, 4.69) is 26.0 Å². The third-order valence-corrected chi connectivity index (χ3v) is 7.90. The van der Waals surface area contributed by atoms with Gasteiger partial charge < -0.3 is 0 Å². The lowest BCUT2D eigenvalue weighted by atomic mass is 9.46. The molecule has 0 nitrogen and oxygen atoms in total. The van der Waals surface area contributed by atoms with Crippen LogP contribution in [0.5, 0.6) is 0 Å². The summed E-state index contributed by atoms with van der Waals surface area (Å²) < 4.78 is 0. The number of fused-ring (bicyclic) bond motifs is 5. The van der Waals surface area contributed by atoms with Gasteiger partial charge >= 0.3 is 0 Å². The molecule has 3 fully saturated rings. The van der Waals surface area contributed by atoms with E-state index in [1.807, 2.05) is 0 Å². The summed E-state index contributed by atoms with van der Waals surface area (Å²) in [6, 6.07) is 0. The second-order valence-corrected chi connectivity index (χ2v) is 8.58. The van der Waals surface area contributed by atoms with Crippen LogP contribution in [0.25, 0.3) is 0 Å². The quantitative estimate of drug-likeness (QED) is 0.497. The summed E-state index contributed by atoms with van der Waals surface area (Å²) in [7, 11) is 0. The second-order valence-electron chi connectivity index (χ2n) is 8.58. The van der Waals surface area contributed by atoms with Gasteiger partial charge in [-0.05, 0) is 85.9 Å². The van der Waals surface area contributed by atoms with Crippen LogP contribution in [-0.4, -0.2) is 0 Å². The van der Waals surface area contributed by atoms with E-state index >= 15 is 0 Å². The molecule has 4 rings (SSSR count). The van der Waals surface area contributed by atoms with Gasteiger partial charge in [-0.1, -0.05) is 32.4 Å². The fourth-order valence-electron chi connectivity index (χ4n) is 6.81. The minimum absolute atomic E-state index is 0.561. The lowest BCUT2D eigenvalue weighted by molar-refractivity contribution is -0.0679. The molecule has 0 spiro atoms.